The molecule has 2 amide bonds. The van der Waals surface area contributed by atoms with Gasteiger partial charge in [0.05, 0.1) is 35.0 Å². The summed E-state index contributed by atoms with van der Waals surface area (Å²) in [6.45, 7) is 5.83. The molecule has 250 valence electrons. The van der Waals surface area contributed by atoms with Crippen LogP contribution in [0.1, 0.15) is 58.4 Å². The largest absolute Gasteiger partial charge is 0.391 e. The average Bonchev–Trinajstić information content (AvgIpc) is 2.99. The average molecular weight is 670 g/mol. The number of rotatable bonds is 13. The number of benzene rings is 3. The van der Waals surface area contributed by atoms with E-state index in [-0.39, 0.29) is 35.5 Å². The first-order chi connectivity index (χ1) is 21.7. The molecule has 0 saturated heterocycles. The molecule has 6 atom stereocenters. The van der Waals surface area contributed by atoms with Crippen molar-refractivity contribution in [2.45, 2.75) is 87.9 Å². The Kier molecular flexibility index (Phi) is 12.2. The van der Waals surface area contributed by atoms with E-state index in [1.165, 1.54) is 0 Å². The molecular formula is C35H47N3O6S2. The van der Waals surface area contributed by atoms with Crippen molar-refractivity contribution in [2.75, 3.05) is 12.0 Å². The summed E-state index contributed by atoms with van der Waals surface area (Å²) in [6, 6.07) is 20.1. The number of sulfonamides is 1. The maximum Gasteiger partial charge on any atom is 0.239 e. The number of fused-ring (bicyclic) bond motifs is 1. The standard InChI is InChI=1S/C35H47N3O6S2/c1-35(2,3)37-33(40)28-19-11-9-16-26(28)22-31(39)29(21-24-13-6-5-7-14-24)36-34(41)30(38-46(4,43)44)23-45(42)32-20-12-17-25-15-8-10-18-27(25)32/h5-8,10,12-15,17-18,20,26,28-31,38-39H,9,11,16,19,21-23H2,1-4H3,(H,36,41)(H,37,40)/t26?,28?,29-,30+,31+,45?/m0/s1. The molecule has 3 aromatic rings. The van der Waals surface area contributed by atoms with Crippen LogP contribution in [0.5, 0.6) is 0 Å². The van der Waals surface area contributed by atoms with E-state index in [2.05, 4.69) is 15.4 Å². The minimum absolute atomic E-state index is 0.0265. The highest BCUT2D eigenvalue weighted by Gasteiger charge is 2.36. The molecule has 0 aliphatic heterocycles. The summed E-state index contributed by atoms with van der Waals surface area (Å²) in [5, 5.41) is 19.3. The third-order valence-electron chi connectivity index (χ3n) is 8.36. The molecule has 0 radical (unpaired) electrons. The first-order valence-electron chi connectivity index (χ1n) is 15.9. The predicted octanol–water partition coefficient (Wildman–Crippen LogP) is 4.06. The maximum atomic E-state index is 13.8. The number of carbonyl (C=O) groups is 2. The lowest BCUT2D eigenvalue weighted by Crippen LogP contribution is -2.55. The van der Waals surface area contributed by atoms with E-state index in [4.69, 9.17) is 0 Å². The van der Waals surface area contributed by atoms with E-state index in [0.29, 0.717) is 11.3 Å². The lowest BCUT2D eigenvalue weighted by atomic mass is 9.74. The third-order valence-corrected chi connectivity index (χ3v) is 10.6. The zero-order valence-corrected chi connectivity index (χ0v) is 28.7. The Morgan fingerprint density at radius 1 is 0.957 bits per heavy atom. The molecule has 1 fully saturated rings. The lowest BCUT2D eigenvalue weighted by Gasteiger charge is -2.36. The highest BCUT2D eigenvalue weighted by molar-refractivity contribution is 7.89. The molecule has 0 spiro atoms. The molecule has 11 heteroatoms. The minimum Gasteiger partial charge on any atom is -0.391 e. The fourth-order valence-electron chi connectivity index (χ4n) is 6.26. The van der Waals surface area contributed by atoms with Gasteiger partial charge in [-0.05, 0) is 74.8 Å². The smallest absolute Gasteiger partial charge is 0.239 e. The van der Waals surface area contributed by atoms with Gasteiger partial charge in [-0.25, -0.2) is 13.1 Å². The van der Waals surface area contributed by atoms with E-state index < -0.39 is 44.9 Å². The molecule has 0 heterocycles. The van der Waals surface area contributed by atoms with Crippen LogP contribution in [-0.2, 0) is 36.8 Å². The van der Waals surface area contributed by atoms with E-state index in [9.17, 15) is 27.3 Å². The van der Waals surface area contributed by atoms with Crippen LogP contribution >= 0.6 is 0 Å². The van der Waals surface area contributed by atoms with Crippen molar-refractivity contribution in [3.8, 4) is 0 Å². The van der Waals surface area contributed by atoms with Gasteiger partial charge in [-0.15, -0.1) is 0 Å². The molecule has 4 rings (SSSR count). The number of nitrogens with one attached hydrogen (secondary N) is 3. The summed E-state index contributed by atoms with van der Waals surface area (Å²) < 4.78 is 40.8. The minimum atomic E-state index is -3.86. The number of aliphatic hydroxyl groups is 1. The molecule has 0 aromatic heterocycles. The van der Waals surface area contributed by atoms with Crippen LogP contribution in [-0.4, -0.2) is 65.3 Å². The second-order valence-electron chi connectivity index (χ2n) is 13.4. The van der Waals surface area contributed by atoms with Gasteiger partial charge >= 0.3 is 0 Å². The normalized spacial score (nSPS) is 19.9. The van der Waals surface area contributed by atoms with E-state index in [0.717, 1.165) is 48.3 Å². The summed E-state index contributed by atoms with van der Waals surface area (Å²) in [7, 11) is -5.59. The van der Waals surface area contributed by atoms with Crippen LogP contribution in [0.3, 0.4) is 0 Å². The van der Waals surface area contributed by atoms with Gasteiger partial charge in [-0.3, -0.25) is 13.8 Å². The molecule has 9 nitrogen and oxygen atoms in total. The first-order valence-corrected chi connectivity index (χ1v) is 19.1. The van der Waals surface area contributed by atoms with Crippen molar-refractivity contribution in [2.24, 2.45) is 11.8 Å². The van der Waals surface area contributed by atoms with Crippen LogP contribution in [0.2, 0.25) is 0 Å². The molecule has 4 N–H and O–H groups in total. The van der Waals surface area contributed by atoms with Crippen LogP contribution in [0.15, 0.2) is 77.7 Å². The van der Waals surface area contributed by atoms with Crippen LogP contribution in [0, 0.1) is 11.8 Å². The molecule has 1 saturated carbocycles. The summed E-state index contributed by atoms with van der Waals surface area (Å²) in [5.41, 5.74) is 0.499. The second kappa shape index (κ2) is 15.6. The number of hydrogen-bond acceptors (Lipinski definition) is 6. The maximum absolute atomic E-state index is 13.8. The monoisotopic (exact) mass is 669 g/mol. The zero-order chi connectivity index (χ0) is 33.5. The summed E-state index contributed by atoms with van der Waals surface area (Å²) in [6.07, 6.45) is 3.93. The van der Waals surface area contributed by atoms with Gasteiger partial charge in [0.2, 0.25) is 21.8 Å². The van der Waals surface area contributed by atoms with Crippen LogP contribution in [0.4, 0.5) is 0 Å². The van der Waals surface area contributed by atoms with Crippen molar-refractivity contribution in [1.29, 1.82) is 0 Å². The van der Waals surface area contributed by atoms with Gasteiger partial charge in [0.1, 0.15) is 6.04 Å². The van der Waals surface area contributed by atoms with Gasteiger partial charge in [-0.1, -0.05) is 79.6 Å². The SMILES string of the molecule is CC(C)(C)NC(=O)C1CCCCC1C[C@@H](O)[C@H](Cc1ccccc1)NC(=O)[C@@H](CS(=O)c1cccc2ccccc12)NS(C)(=O)=O. The summed E-state index contributed by atoms with van der Waals surface area (Å²) in [4.78, 5) is 27.5. The van der Waals surface area contributed by atoms with Crippen molar-refractivity contribution in [3.05, 3.63) is 78.4 Å². The topological polar surface area (TPSA) is 142 Å². The molecule has 46 heavy (non-hydrogen) atoms. The van der Waals surface area contributed by atoms with Crippen LogP contribution < -0.4 is 15.4 Å². The fraction of sp³-hybridized carbons (Fsp3) is 0.486. The zero-order valence-electron chi connectivity index (χ0n) is 27.1. The van der Waals surface area contributed by atoms with Gasteiger partial charge < -0.3 is 15.7 Å². The highest BCUT2D eigenvalue weighted by atomic mass is 32.2. The van der Waals surface area contributed by atoms with Crippen molar-refractivity contribution >= 4 is 43.4 Å². The Morgan fingerprint density at radius 3 is 2.30 bits per heavy atom. The molecule has 1 aliphatic rings. The van der Waals surface area contributed by atoms with Gasteiger partial charge in [-0.2, -0.15) is 0 Å². The molecular weight excluding hydrogens is 623 g/mol. The molecule has 3 unspecified atom stereocenters. The fourth-order valence-corrected chi connectivity index (χ4v) is 8.45. The van der Waals surface area contributed by atoms with Crippen molar-refractivity contribution < 1.29 is 27.3 Å². The van der Waals surface area contributed by atoms with E-state index >= 15 is 0 Å². The number of aliphatic hydroxyl groups excluding tert-OH is 1. The van der Waals surface area contributed by atoms with Crippen LogP contribution in [0.25, 0.3) is 10.8 Å². The number of amides is 2. The Bertz CT molecular complexity index is 1620. The van der Waals surface area contributed by atoms with Crippen molar-refractivity contribution in [1.82, 2.24) is 15.4 Å². The van der Waals surface area contributed by atoms with E-state index in [1.54, 1.807) is 12.1 Å². The summed E-state index contributed by atoms with van der Waals surface area (Å²) in [5.74, 6) is -1.33. The number of hydrogen-bond donors (Lipinski definition) is 4. The first kappa shape index (κ1) is 35.7. The Balaban J connectivity index is 1.57. The third kappa shape index (κ3) is 10.4. The summed E-state index contributed by atoms with van der Waals surface area (Å²) >= 11 is 0. The number of carbonyl (C=O) groups excluding carboxylic acids is 2. The van der Waals surface area contributed by atoms with Gasteiger partial charge in [0.15, 0.2) is 0 Å². The van der Waals surface area contributed by atoms with Gasteiger partial charge in [0, 0.05) is 16.4 Å². The Morgan fingerprint density at radius 2 is 1.61 bits per heavy atom. The Hall–Kier alpha value is -3.12. The quantitative estimate of drug-likeness (QED) is 0.216. The molecule has 3 aromatic carbocycles. The van der Waals surface area contributed by atoms with Crippen molar-refractivity contribution in [3.63, 3.8) is 0 Å². The molecule has 0 bridgehead atoms. The Labute approximate surface area is 275 Å². The van der Waals surface area contributed by atoms with E-state index in [1.807, 2.05) is 81.4 Å². The predicted molar refractivity (Wildman–Crippen MR) is 183 cm³/mol. The highest BCUT2D eigenvalue weighted by Crippen LogP contribution is 2.34. The molecule has 1 aliphatic carbocycles. The second-order valence-corrected chi connectivity index (χ2v) is 16.7. The lowest BCUT2D eigenvalue weighted by molar-refractivity contribution is -0.130. The van der Waals surface area contributed by atoms with Gasteiger partial charge in [0.25, 0.3) is 0 Å².